The molecule has 1 aliphatic heterocycles. The molecule has 0 saturated carbocycles. The lowest BCUT2D eigenvalue weighted by molar-refractivity contribution is 0.101. The second-order valence-corrected chi connectivity index (χ2v) is 6.48. The number of benzene rings is 2. The minimum atomic E-state index is -0.399. The van der Waals surface area contributed by atoms with E-state index in [9.17, 15) is 9.90 Å². The van der Waals surface area contributed by atoms with Crippen molar-refractivity contribution in [2.24, 2.45) is 4.99 Å². The number of amides is 1. The number of H-pyrrole nitrogens is 1. The van der Waals surface area contributed by atoms with Crippen molar-refractivity contribution in [3.8, 4) is 23.2 Å². The van der Waals surface area contributed by atoms with Gasteiger partial charge in [-0.1, -0.05) is 40.2 Å². The summed E-state index contributed by atoms with van der Waals surface area (Å²) < 4.78 is 0.915. The zero-order valence-electron chi connectivity index (χ0n) is 12.7. The first kappa shape index (κ1) is 15.4. The number of halogens is 1. The highest BCUT2D eigenvalue weighted by atomic mass is 79.9. The van der Waals surface area contributed by atoms with Crippen molar-refractivity contribution in [2.75, 3.05) is 0 Å². The molecule has 120 valence electrons. The zero-order valence-corrected chi connectivity index (χ0v) is 14.3. The molecule has 5 nitrogen and oxygen atoms in total. The Labute approximate surface area is 151 Å². The average Bonchev–Trinajstić information content (AvgIpc) is 3.15. The summed E-state index contributed by atoms with van der Waals surface area (Å²) in [5, 5.41) is 19.3. The van der Waals surface area contributed by atoms with Gasteiger partial charge in [0.1, 0.15) is 0 Å². The second kappa shape index (κ2) is 5.72. The van der Waals surface area contributed by atoms with E-state index >= 15 is 0 Å². The first-order valence-electron chi connectivity index (χ1n) is 7.43. The van der Waals surface area contributed by atoms with Gasteiger partial charge in [0.2, 0.25) is 0 Å². The van der Waals surface area contributed by atoms with E-state index < -0.39 is 5.91 Å². The molecule has 2 N–H and O–H groups in total. The molecular weight excluding hydrogens is 382 g/mol. The first-order chi connectivity index (χ1) is 12.1. The maximum Gasteiger partial charge on any atom is 0.280 e. The van der Waals surface area contributed by atoms with Gasteiger partial charge >= 0.3 is 0 Å². The number of aromatic nitrogens is 1. The van der Waals surface area contributed by atoms with Gasteiger partial charge in [-0.3, -0.25) is 4.79 Å². The summed E-state index contributed by atoms with van der Waals surface area (Å²) in [6.07, 6.45) is 0. The summed E-state index contributed by atoms with van der Waals surface area (Å²) in [6, 6.07) is 16.2. The molecule has 2 aromatic carbocycles. The Morgan fingerprint density at radius 3 is 2.28 bits per heavy atom. The van der Waals surface area contributed by atoms with Gasteiger partial charge in [0.05, 0.1) is 34.2 Å². The van der Waals surface area contributed by atoms with Crippen LogP contribution >= 0.6 is 15.9 Å². The lowest BCUT2D eigenvalue weighted by Gasteiger charge is -2.01. The van der Waals surface area contributed by atoms with Crippen LogP contribution in [0, 0.1) is 11.3 Å². The highest BCUT2D eigenvalue weighted by molar-refractivity contribution is 9.10. The van der Waals surface area contributed by atoms with E-state index in [1.807, 2.05) is 24.3 Å². The molecule has 0 bridgehead atoms. The molecule has 0 fully saturated rings. The molecule has 0 aliphatic carbocycles. The van der Waals surface area contributed by atoms with Gasteiger partial charge in [-0.15, -0.1) is 0 Å². The van der Waals surface area contributed by atoms with Gasteiger partial charge in [0.15, 0.2) is 5.88 Å². The Balaban J connectivity index is 1.85. The Morgan fingerprint density at radius 2 is 1.64 bits per heavy atom. The van der Waals surface area contributed by atoms with Crippen LogP contribution in [0.5, 0.6) is 5.88 Å². The molecule has 25 heavy (non-hydrogen) atoms. The molecule has 1 aromatic heterocycles. The Bertz CT molecular complexity index is 1070. The maximum atomic E-state index is 12.5. The van der Waals surface area contributed by atoms with E-state index in [1.165, 1.54) is 0 Å². The number of aromatic amines is 1. The average molecular weight is 392 g/mol. The van der Waals surface area contributed by atoms with Crippen molar-refractivity contribution in [1.82, 2.24) is 4.98 Å². The Morgan fingerprint density at radius 1 is 1.00 bits per heavy atom. The van der Waals surface area contributed by atoms with Crippen molar-refractivity contribution in [2.45, 2.75) is 0 Å². The van der Waals surface area contributed by atoms with Crippen LogP contribution in [-0.2, 0) is 0 Å². The maximum absolute atomic E-state index is 12.5. The number of aromatic hydroxyl groups is 1. The number of rotatable bonds is 2. The number of aliphatic imine (C=N–C) groups is 1. The predicted octanol–water partition coefficient (Wildman–Crippen LogP) is 4.01. The predicted molar refractivity (Wildman–Crippen MR) is 96.7 cm³/mol. The molecular formula is C19H10BrN3O2. The van der Waals surface area contributed by atoms with Crippen molar-refractivity contribution in [1.29, 1.82) is 5.26 Å². The van der Waals surface area contributed by atoms with Crippen LogP contribution in [0.3, 0.4) is 0 Å². The van der Waals surface area contributed by atoms with E-state index in [0.29, 0.717) is 33.7 Å². The third-order valence-electron chi connectivity index (χ3n) is 4.06. The highest BCUT2D eigenvalue weighted by Crippen LogP contribution is 2.38. The molecule has 3 aromatic rings. The summed E-state index contributed by atoms with van der Waals surface area (Å²) in [7, 11) is 0. The van der Waals surface area contributed by atoms with Crippen LogP contribution in [0.2, 0.25) is 0 Å². The first-order valence-corrected chi connectivity index (χ1v) is 8.22. The third kappa shape index (κ3) is 2.46. The Kier molecular flexibility index (Phi) is 3.52. The standard InChI is InChI=1S/C19H10BrN3O2/c20-13-7-5-12(6-8-13)17-15-14(18(24)23-17)16(22-19(15)25)11-3-1-10(9-21)2-4-11/h1-8,22,25H. The van der Waals surface area contributed by atoms with Crippen LogP contribution in [0.25, 0.3) is 11.3 Å². The molecule has 0 saturated heterocycles. The van der Waals surface area contributed by atoms with Crippen LogP contribution in [0.4, 0.5) is 0 Å². The monoisotopic (exact) mass is 391 g/mol. The van der Waals surface area contributed by atoms with Crippen LogP contribution < -0.4 is 0 Å². The molecule has 0 atom stereocenters. The molecule has 1 aliphatic rings. The van der Waals surface area contributed by atoms with Gasteiger partial charge in [0, 0.05) is 10.0 Å². The van der Waals surface area contributed by atoms with Crippen molar-refractivity contribution in [3.05, 3.63) is 75.3 Å². The summed E-state index contributed by atoms with van der Waals surface area (Å²) in [4.78, 5) is 19.5. The molecule has 6 heteroatoms. The molecule has 4 rings (SSSR count). The summed E-state index contributed by atoms with van der Waals surface area (Å²) in [5.74, 6) is -0.495. The number of carbonyl (C=O) groups excluding carboxylic acids is 1. The fraction of sp³-hybridized carbons (Fsp3) is 0. The fourth-order valence-corrected chi connectivity index (χ4v) is 3.15. The molecule has 0 unspecified atom stereocenters. The SMILES string of the molecule is N#Cc1ccc(-c2[nH]c(O)c3c2C(=O)N=C3c2ccc(Br)cc2)cc1. The minimum Gasteiger partial charge on any atom is -0.494 e. The number of nitriles is 1. The second-order valence-electron chi connectivity index (χ2n) is 5.56. The largest absolute Gasteiger partial charge is 0.494 e. The number of fused-ring (bicyclic) bond motifs is 1. The van der Waals surface area contributed by atoms with Crippen molar-refractivity contribution < 1.29 is 9.90 Å². The van der Waals surface area contributed by atoms with Crippen molar-refractivity contribution in [3.63, 3.8) is 0 Å². The van der Waals surface area contributed by atoms with Gasteiger partial charge in [0.25, 0.3) is 5.91 Å². The van der Waals surface area contributed by atoms with E-state index in [0.717, 1.165) is 10.0 Å². The summed E-state index contributed by atoms with van der Waals surface area (Å²) in [6.45, 7) is 0. The van der Waals surface area contributed by atoms with Crippen LogP contribution in [0.1, 0.15) is 27.0 Å². The van der Waals surface area contributed by atoms with Crippen LogP contribution in [0.15, 0.2) is 58.0 Å². The van der Waals surface area contributed by atoms with E-state index in [4.69, 9.17) is 5.26 Å². The number of hydrogen-bond donors (Lipinski definition) is 2. The number of nitrogens with one attached hydrogen (secondary N) is 1. The Hall–Kier alpha value is -3.17. The fourth-order valence-electron chi connectivity index (χ4n) is 2.89. The van der Waals surface area contributed by atoms with E-state index in [-0.39, 0.29) is 5.88 Å². The van der Waals surface area contributed by atoms with Gasteiger partial charge in [-0.05, 0) is 29.8 Å². The topological polar surface area (TPSA) is 89.2 Å². The molecule has 2 heterocycles. The highest BCUT2D eigenvalue weighted by Gasteiger charge is 2.33. The normalized spacial score (nSPS) is 12.6. The quantitative estimate of drug-likeness (QED) is 0.691. The minimum absolute atomic E-state index is 0.0955. The summed E-state index contributed by atoms with van der Waals surface area (Å²) >= 11 is 3.37. The smallest absolute Gasteiger partial charge is 0.280 e. The third-order valence-corrected chi connectivity index (χ3v) is 4.59. The lowest BCUT2D eigenvalue weighted by Crippen LogP contribution is -1.99. The van der Waals surface area contributed by atoms with Crippen molar-refractivity contribution >= 4 is 27.5 Å². The molecule has 0 radical (unpaired) electrons. The molecule has 1 amide bonds. The van der Waals surface area contributed by atoms with E-state index in [1.54, 1.807) is 24.3 Å². The van der Waals surface area contributed by atoms with Gasteiger partial charge in [-0.25, -0.2) is 4.99 Å². The number of carbonyl (C=O) groups is 1. The molecule has 0 spiro atoms. The van der Waals surface area contributed by atoms with E-state index in [2.05, 4.69) is 32.0 Å². The lowest BCUT2D eigenvalue weighted by atomic mass is 10.00. The number of nitrogens with zero attached hydrogens (tertiary/aromatic N) is 2. The van der Waals surface area contributed by atoms with Crippen LogP contribution in [-0.4, -0.2) is 21.7 Å². The zero-order chi connectivity index (χ0) is 17.6. The summed E-state index contributed by atoms with van der Waals surface area (Å²) in [5.41, 5.74) is 3.67. The number of hydrogen-bond acceptors (Lipinski definition) is 3. The van der Waals surface area contributed by atoms with Gasteiger partial charge in [-0.2, -0.15) is 5.26 Å². The van der Waals surface area contributed by atoms with Gasteiger partial charge < -0.3 is 10.1 Å².